The van der Waals surface area contributed by atoms with Crippen molar-refractivity contribution in [3.05, 3.63) is 24.0 Å². The van der Waals surface area contributed by atoms with E-state index in [0.717, 1.165) is 0 Å². The van der Waals surface area contributed by atoms with Crippen molar-refractivity contribution < 1.29 is 19.7 Å². The topological polar surface area (TPSA) is 79.7 Å². The van der Waals surface area contributed by atoms with Gasteiger partial charge in [-0.15, -0.1) is 0 Å². The molecular formula is C11H13NO4. The molecule has 0 spiro atoms. The number of carboxylic acid groups (broad SMARTS) is 1. The highest BCUT2D eigenvalue weighted by Crippen LogP contribution is 2.50. The summed E-state index contributed by atoms with van der Waals surface area (Å²) in [4.78, 5) is 14.9. The smallest absolute Gasteiger partial charge is 0.333 e. The van der Waals surface area contributed by atoms with E-state index in [4.69, 9.17) is 9.84 Å². The Morgan fingerprint density at radius 1 is 1.62 bits per heavy atom. The second kappa shape index (κ2) is 3.75. The third kappa shape index (κ3) is 1.63. The fourth-order valence-corrected chi connectivity index (χ4v) is 1.85. The third-order valence-electron chi connectivity index (χ3n) is 3.02. The van der Waals surface area contributed by atoms with Crippen LogP contribution in [0.1, 0.15) is 18.5 Å². The van der Waals surface area contributed by atoms with Crippen LogP contribution in [-0.2, 0) is 10.2 Å². The maximum absolute atomic E-state index is 10.8. The molecule has 1 heterocycles. The molecule has 0 aromatic carbocycles. The largest absolute Gasteiger partial charge is 0.497 e. The van der Waals surface area contributed by atoms with E-state index in [1.807, 2.05) is 0 Å². The van der Waals surface area contributed by atoms with Crippen LogP contribution in [0.4, 0.5) is 0 Å². The molecule has 0 saturated heterocycles. The Morgan fingerprint density at radius 3 is 2.81 bits per heavy atom. The molecule has 0 radical (unpaired) electrons. The molecule has 2 N–H and O–H groups in total. The van der Waals surface area contributed by atoms with Gasteiger partial charge in [0.25, 0.3) is 0 Å². The molecule has 5 heteroatoms. The van der Waals surface area contributed by atoms with Crippen LogP contribution in [0.15, 0.2) is 18.3 Å². The summed E-state index contributed by atoms with van der Waals surface area (Å²) in [5.41, 5.74) is -0.137. The van der Waals surface area contributed by atoms with Gasteiger partial charge < -0.3 is 14.9 Å². The van der Waals surface area contributed by atoms with Crippen LogP contribution < -0.4 is 4.74 Å². The molecule has 0 amide bonds. The Balaban J connectivity index is 2.32. The summed E-state index contributed by atoms with van der Waals surface area (Å²) in [6.45, 7) is 0. The number of aliphatic hydroxyl groups is 1. The van der Waals surface area contributed by atoms with Crippen molar-refractivity contribution in [2.45, 2.75) is 24.4 Å². The lowest BCUT2D eigenvalue weighted by Crippen LogP contribution is -2.34. The highest BCUT2D eigenvalue weighted by Gasteiger charge is 2.54. The van der Waals surface area contributed by atoms with Crippen LogP contribution in [0, 0.1) is 0 Å². The fraction of sp³-hybridized carbons (Fsp3) is 0.455. The number of methoxy groups -OCH3 is 1. The van der Waals surface area contributed by atoms with Gasteiger partial charge in [0.1, 0.15) is 5.75 Å². The number of carboxylic acids is 1. The van der Waals surface area contributed by atoms with Crippen molar-refractivity contribution in [2.75, 3.05) is 7.11 Å². The standard InChI is InChI=1S/C11H13NO4/c1-16-7-2-5-12-8(6-7)11(3-4-11)9(13)10(14)15/h2,5-6,9,13H,3-4H2,1H3,(H,14,15). The molecule has 1 aliphatic rings. The average Bonchev–Trinajstić information content (AvgIpc) is 3.09. The van der Waals surface area contributed by atoms with Gasteiger partial charge in [0.15, 0.2) is 6.10 Å². The first-order chi connectivity index (χ1) is 7.60. The number of aliphatic hydroxyl groups excluding tert-OH is 1. The molecule has 5 nitrogen and oxygen atoms in total. The lowest BCUT2D eigenvalue weighted by Gasteiger charge is -2.18. The maximum Gasteiger partial charge on any atom is 0.333 e. The number of hydrogen-bond acceptors (Lipinski definition) is 4. The van der Waals surface area contributed by atoms with Crippen molar-refractivity contribution in [3.63, 3.8) is 0 Å². The minimum absolute atomic E-state index is 0.585. The van der Waals surface area contributed by atoms with E-state index in [9.17, 15) is 9.90 Å². The van der Waals surface area contributed by atoms with Crippen LogP contribution in [0.5, 0.6) is 5.75 Å². The van der Waals surface area contributed by atoms with E-state index in [-0.39, 0.29) is 0 Å². The number of rotatable bonds is 4. The minimum Gasteiger partial charge on any atom is -0.497 e. The summed E-state index contributed by atoms with van der Waals surface area (Å²) >= 11 is 0. The molecule has 1 aromatic heterocycles. The highest BCUT2D eigenvalue weighted by atomic mass is 16.5. The van der Waals surface area contributed by atoms with Gasteiger partial charge in [0.2, 0.25) is 0 Å². The molecule has 0 bridgehead atoms. The second-order valence-corrected chi connectivity index (χ2v) is 3.98. The van der Waals surface area contributed by atoms with E-state index in [0.29, 0.717) is 24.3 Å². The number of aliphatic carboxylic acids is 1. The summed E-state index contributed by atoms with van der Waals surface area (Å²) in [6.07, 6.45) is 1.44. The Bertz CT molecular complexity index is 414. The number of pyridine rings is 1. The molecule has 2 rings (SSSR count). The van der Waals surface area contributed by atoms with Gasteiger partial charge in [-0.25, -0.2) is 4.79 Å². The molecule has 1 unspecified atom stereocenters. The van der Waals surface area contributed by atoms with Crippen molar-refractivity contribution >= 4 is 5.97 Å². The van der Waals surface area contributed by atoms with Crippen molar-refractivity contribution in [1.29, 1.82) is 0 Å². The minimum atomic E-state index is -1.40. The van der Waals surface area contributed by atoms with Crippen LogP contribution >= 0.6 is 0 Å². The van der Waals surface area contributed by atoms with Crippen molar-refractivity contribution in [2.24, 2.45) is 0 Å². The SMILES string of the molecule is COc1ccnc(C2(C(O)C(=O)O)CC2)c1. The molecule has 1 atom stereocenters. The van der Waals surface area contributed by atoms with Crippen LogP contribution in [0.2, 0.25) is 0 Å². The fourth-order valence-electron chi connectivity index (χ4n) is 1.85. The van der Waals surface area contributed by atoms with Crippen molar-refractivity contribution in [3.8, 4) is 5.75 Å². The normalized spacial score (nSPS) is 18.9. The Hall–Kier alpha value is -1.62. The van der Waals surface area contributed by atoms with Crippen LogP contribution in [-0.4, -0.2) is 34.4 Å². The summed E-state index contributed by atoms with van der Waals surface area (Å²) in [6, 6.07) is 3.37. The average molecular weight is 223 g/mol. The first-order valence-electron chi connectivity index (χ1n) is 5.01. The predicted octanol–water partition coefficient (Wildman–Crippen LogP) is 0.567. The summed E-state index contributed by atoms with van der Waals surface area (Å²) < 4.78 is 5.05. The molecule has 86 valence electrons. The van der Waals surface area contributed by atoms with Gasteiger partial charge in [-0.1, -0.05) is 0 Å². The number of carbonyl (C=O) groups is 1. The summed E-state index contributed by atoms with van der Waals surface area (Å²) in [5.74, 6) is -0.587. The van der Waals surface area contributed by atoms with E-state index in [2.05, 4.69) is 4.98 Å². The Labute approximate surface area is 92.7 Å². The van der Waals surface area contributed by atoms with Gasteiger partial charge in [-0.05, 0) is 18.9 Å². The maximum atomic E-state index is 10.8. The summed E-state index contributed by atoms with van der Waals surface area (Å²) in [5, 5.41) is 18.5. The number of nitrogens with zero attached hydrogens (tertiary/aromatic N) is 1. The zero-order chi connectivity index (χ0) is 11.8. The molecule has 0 aliphatic heterocycles. The van der Waals surface area contributed by atoms with Gasteiger partial charge in [0, 0.05) is 17.7 Å². The Kier molecular flexibility index (Phi) is 2.55. The van der Waals surface area contributed by atoms with E-state index >= 15 is 0 Å². The molecule has 1 fully saturated rings. The zero-order valence-corrected chi connectivity index (χ0v) is 8.88. The van der Waals surface area contributed by atoms with Crippen LogP contribution in [0.3, 0.4) is 0 Å². The first kappa shape index (κ1) is 10.9. The zero-order valence-electron chi connectivity index (χ0n) is 8.88. The molecule has 1 saturated carbocycles. The Morgan fingerprint density at radius 2 is 2.31 bits per heavy atom. The summed E-state index contributed by atoms with van der Waals surface area (Å²) in [7, 11) is 1.53. The molecule has 16 heavy (non-hydrogen) atoms. The molecular weight excluding hydrogens is 210 g/mol. The first-order valence-corrected chi connectivity index (χ1v) is 5.01. The number of hydrogen-bond donors (Lipinski definition) is 2. The molecule has 1 aromatic rings. The van der Waals surface area contributed by atoms with E-state index in [1.165, 1.54) is 7.11 Å². The number of ether oxygens (including phenoxy) is 1. The lowest BCUT2D eigenvalue weighted by atomic mass is 9.94. The number of aromatic nitrogens is 1. The molecule has 1 aliphatic carbocycles. The quantitative estimate of drug-likeness (QED) is 0.780. The van der Waals surface area contributed by atoms with Crippen molar-refractivity contribution in [1.82, 2.24) is 4.98 Å². The van der Waals surface area contributed by atoms with Gasteiger partial charge in [-0.2, -0.15) is 0 Å². The van der Waals surface area contributed by atoms with Crippen LogP contribution in [0.25, 0.3) is 0 Å². The van der Waals surface area contributed by atoms with Gasteiger partial charge >= 0.3 is 5.97 Å². The predicted molar refractivity (Wildman–Crippen MR) is 55.3 cm³/mol. The lowest BCUT2D eigenvalue weighted by molar-refractivity contribution is -0.148. The highest BCUT2D eigenvalue weighted by molar-refractivity contribution is 5.75. The van der Waals surface area contributed by atoms with Gasteiger partial charge in [0.05, 0.1) is 12.8 Å². The van der Waals surface area contributed by atoms with E-state index in [1.54, 1.807) is 18.3 Å². The monoisotopic (exact) mass is 223 g/mol. The van der Waals surface area contributed by atoms with E-state index < -0.39 is 17.5 Å². The third-order valence-corrected chi connectivity index (χ3v) is 3.02. The van der Waals surface area contributed by atoms with Gasteiger partial charge in [-0.3, -0.25) is 4.98 Å². The second-order valence-electron chi connectivity index (χ2n) is 3.98.